The number of nitrogens with zero attached hydrogens (tertiary/aromatic N) is 1. The molecule has 3 rings (SSSR count). The van der Waals surface area contributed by atoms with Gasteiger partial charge in [0.25, 0.3) is 10.0 Å². The van der Waals surface area contributed by atoms with Crippen molar-refractivity contribution in [3.63, 3.8) is 0 Å². The summed E-state index contributed by atoms with van der Waals surface area (Å²) >= 11 is 12.5. The topological polar surface area (TPSA) is 84.9 Å². The molecule has 0 bridgehead atoms. The van der Waals surface area contributed by atoms with Gasteiger partial charge in [-0.1, -0.05) is 47.5 Å². The zero-order chi connectivity index (χ0) is 24.9. The first-order valence-electron chi connectivity index (χ1n) is 10.2. The monoisotopic (exact) mass is 522 g/mol. The van der Waals surface area contributed by atoms with E-state index in [2.05, 4.69) is 5.32 Å². The lowest BCUT2D eigenvalue weighted by Gasteiger charge is -2.26. The Morgan fingerprint density at radius 1 is 1.00 bits per heavy atom. The third-order valence-corrected chi connectivity index (χ3v) is 7.68. The molecular weight excluding hydrogens is 499 g/mol. The summed E-state index contributed by atoms with van der Waals surface area (Å²) in [4.78, 5) is 13.1. The van der Waals surface area contributed by atoms with Crippen molar-refractivity contribution in [3.8, 4) is 11.5 Å². The molecule has 1 atom stereocenters. The van der Waals surface area contributed by atoms with Crippen molar-refractivity contribution in [2.75, 3.05) is 25.1 Å². The van der Waals surface area contributed by atoms with Crippen molar-refractivity contribution in [3.05, 3.63) is 82.3 Å². The van der Waals surface area contributed by atoms with E-state index in [1.165, 1.54) is 38.5 Å². The second kappa shape index (κ2) is 11.0. The fourth-order valence-electron chi connectivity index (χ4n) is 3.38. The van der Waals surface area contributed by atoms with Gasteiger partial charge in [0, 0.05) is 5.56 Å². The Hall–Kier alpha value is -2.94. The summed E-state index contributed by atoms with van der Waals surface area (Å²) in [5, 5.41) is 3.02. The average molecular weight is 523 g/mol. The highest BCUT2D eigenvalue weighted by atomic mass is 35.5. The van der Waals surface area contributed by atoms with Crippen LogP contribution < -0.4 is 19.1 Å². The van der Waals surface area contributed by atoms with Gasteiger partial charge in [-0.15, -0.1) is 0 Å². The maximum atomic E-state index is 13.5. The van der Waals surface area contributed by atoms with Crippen LogP contribution in [0, 0.1) is 0 Å². The lowest BCUT2D eigenvalue weighted by Crippen LogP contribution is -2.41. The van der Waals surface area contributed by atoms with Crippen molar-refractivity contribution in [1.29, 1.82) is 0 Å². The molecule has 0 saturated heterocycles. The van der Waals surface area contributed by atoms with E-state index >= 15 is 0 Å². The van der Waals surface area contributed by atoms with Gasteiger partial charge in [0.2, 0.25) is 5.91 Å². The quantitative estimate of drug-likeness (QED) is 0.423. The van der Waals surface area contributed by atoms with Gasteiger partial charge in [-0.25, -0.2) is 8.42 Å². The zero-order valence-electron chi connectivity index (χ0n) is 18.8. The normalized spacial score (nSPS) is 12.0. The largest absolute Gasteiger partial charge is 0.497 e. The molecule has 0 aromatic heterocycles. The van der Waals surface area contributed by atoms with Crippen LogP contribution in [0.4, 0.5) is 5.69 Å². The van der Waals surface area contributed by atoms with Gasteiger partial charge in [-0.3, -0.25) is 9.10 Å². The van der Waals surface area contributed by atoms with Crippen molar-refractivity contribution < 1.29 is 22.7 Å². The van der Waals surface area contributed by atoms with Crippen molar-refractivity contribution in [2.24, 2.45) is 0 Å². The first kappa shape index (κ1) is 25.7. The van der Waals surface area contributed by atoms with Crippen molar-refractivity contribution >= 4 is 44.8 Å². The van der Waals surface area contributed by atoms with E-state index in [0.717, 1.165) is 4.31 Å². The highest BCUT2D eigenvalue weighted by Crippen LogP contribution is 2.35. The number of rotatable bonds is 9. The molecule has 0 aliphatic rings. The van der Waals surface area contributed by atoms with Gasteiger partial charge in [-0.05, 0) is 49.4 Å². The number of carbonyl (C=O) groups excluding carboxylic acids is 1. The highest BCUT2D eigenvalue weighted by Gasteiger charge is 2.30. The number of methoxy groups -OCH3 is 2. The van der Waals surface area contributed by atoms with Gasteiger partial charge in [-0.2, -0.15) is 0 Å². The van der Waals surface area contributed by atoms with Gasteiger partial charge >= 0.3 is 0 Å². The number of halogens is 2. The first-order valence-corrected chi connectivity index (χ1v) is 12.4. The minimum absolute atomic E-state index is 0.0151. The number of amides is 1. The molecule has 1 N–H and O–H groups in total. The summed E-state index contributed by atoms with van der Waals surface area (Å²) < 4.78 is 38.6. The molecule has 0 radical (unpaired) electrons. The number of sulfonamides is 1. The molecule has 0 saturated carbocycles. The minimum atomic E-state index is -4.13. The summed E-state index contributed by atoms with van der Waals surface area (Å²) in [7, 11) is -1.07. The van der Waals surface area contributed by atoms with Crippen LogP contribution in [0.15, 0.2) is 71.6 Å². The number of anilines is 1. The number of hydrogen-bond donors (Lipinski definition) is 1. The van der Waals surface area contributed by atoms with Crippen LogP contribution in [0.25, 0.3) is 0 Å². The SMILES string of the molecule is COc1ccc(OC)c([C@@H](C)NC(=O)CN(c2cccc(Cl)c2Cl)S(=O)(=O)c2ccccc2)c1. The molecule has 0 spiro atoms. The molecule has 0 unspecified atom stereocenters. The molecule has 7 nitrogen and oxygen atoms in total. The van der Waals surface area contributed by atoms with Gasteiger partial charge in [0.05, 0.1) is 40.9 Å². The molecule has 3 aromatic carbocycles. The Kier molecular flexibility index (Phi) is 8.30. The van der Waals surface area contributed by atoms with E-state index < -0.39 is 28.5 Å². The van der Waals surface area contributed by atoms with Crippen LogP contribution in [-0.4, -0.2) is 35.1 Å². The lowest BCUT2D eigenvalue weighted by molar-refractivity contribution is -0.120. The summed E-state index contributed by atoms with van der Waals surface area (Å²) in [6, 6.07) is 17.1. The number of benzene rings is 3. The van der Waals surface area contributed by atoms with Crippen molar-refractivity contribution in [2.45, 2.75) is 17.9 Å². The van der Waals surface area contributed by atoms with E-state index in [0.29, 0.717) is 17.1 Å². The number of hydrogen-bond acceptors (Lipinski definition) is 5. The third-order valence-electron chi connectivity index (χ3n) is 5.10. The number of ether oxygens (including phenoxy) is 2. The summed E-state index contributed by atoms with van der Waals surface area (Å²) in [6.45, 7) is 1.24. The molecule has 180 valence electrons. The zero-order valence-corrected chi connectivity index (χ0v) is 21.1. The second-order valence-electron chi connectivity index (χ2n) is 7.29. The molecule has 10 heteroatoms. The van der Waals surface area contributed by atoms with E-state index in [9.17, 15) is 13.2 Å². The first-order chi connectivity index (χ1) is 16.2. The van der Waals surface area contributed by atoms with Gasteiger partial charge in [0.1, 0.15) is 18.0 Å². The smallest absolute Gasteiger partial charge is 0.264 e. The Morgan fingerprint density at radius 2 is 1.71 bits per heavy atom. The summed E-state index contributed by atoms with van der Waals surface area (Å²) in [6.07, 6.45) is 0. The van der Waals surface area contributed by atoms with Crippen LogP contribution in [-0.2, 0) is 14.8 Å². The van der Waals surface area contributed by atoms with Crippen molar-refractivity contribution in [1.82, 2.24) is 5.32 Å². The predicted molar refractivity (Wildman–Crippen MR) is 134 cm³/mol. The molecule has 0 heterocycles. The Morgan fingerprint density at radius 3 is 2.35 bits per heavy atom. The van der Waals surface area contributed by atoms with Crippen LogP contribution in [0.5, 0.6) is 11.5 Å². The summed E-state index contributed by atoms with van der Waals surface area (Å²) in [5.41, 5.74) is 0.772. The van der Waals surface area contributed by atoms with E-state index in [1.54, 1.807) is 49.4 Å². The molecule has 0 aliphatic heterocycles. The highest BCUT2D eigenvalue weighted by molar-refractivity contribution is 7.92. The maximum absolute atomic E-state index is 13.5. The van der Waals surface area contributed by atoms with E-state index in [1.807, 2.05) is 0 Å². The molecular formula is C24H24Cl2N2O5S. The second-order valence-corrected chi connectivity index (χ2v) is 9.94. The maximum Gasteiger partial charge on any atom is 0.264 e. The third kappa shape index (κ3) is 5.58. The fraction of sp³-hybridized carbons (Fsp3) is 0.208. The predicted octanol–water partition coefficient (Wildman–Crippen LogP) is 5.08. The standard InChI is InChI=1S/C24H24Cl2N2O5S/c1-16(19-14-17(32-2)12-13-22(19)33-3)27-23(29)15-28(21-11-7-10-20(25)24(21)26)34(30,31)18-8-5-4-6-9-18/h4-14,16H,15H2,1-3H3,(H,27,29)/t16-/m1/s1. The molecule has 1 amide bonds. The Bertz CT molecular complexity index is 1270. The fourth-order valence-corrected chi connectivity index (χ4v) is 5.28. The van der Waals surface area contributed by atoms with Gasteiger partial charge in [0.15, 0.2) is 0 Å². The molecule has 0 aliphatic carbocycles. The van der Waals surface area contributed by atoms with Crippen LogP contribution in [0.3, 0.4) is 0 Å². The van der Waals surface area contributed by atoms with Gasteiger partial charge < -0.3 is 14.8 Å². The van der Waals surface area contributed by atoms with Crippen LogP contribution in [0.2, 0.25) is 10.0 Å². The Labute approximate surface area is 209 Å². The van der Waals surface area contributed by atoms with E-state index in [4.69, 9.17) is 32.7 Å². The molecule has 34 heavy (non-hydrogen) atoms. The molecule has 3 aromatic rings. The number of carbonyl (C=O) groups is 1. The average Bonchev–Trinajstić information content (AvgIpc) is 2.84. The Balaban J connectivity index is 1.94. The lowest BCUT2D eigenvalue weighted by atomic mass is 10.1. The van der Waals surface area contributed by atoms with Crippen LogP contribution in [0.1, 0.15) is 18.5 Å². The van der Waals surface area contributed by atoms with E-state index in [-0.39, 0.29) is 20.6 Å². The number of nitrogens with one attached hydrogen (secondary N) is 1. The van der Waals surface area contributed by atoms with Crippen LogP contribution >= 0.6 is 23.2 Å². The molecule has 0 fully saturated rings. The minimum Gasteiger partial charge on any atom is -0.497 e. The summed E-state index contributed by atoms with van der Waals surface area (Å²) in [5.74, 6) is 0.601.